The number of thioether (sulfide) groups is 1. The Morgan fingerprint density at radius 2 is 1.96 bits per heavy atom. The van der Waals surface area contributed by atoms with E-state index < -0.39 is 0 Å². The van der Waals surface area contributed by atoms with Gasteiger partial charge in [0.2, 0.25) is 5.82 Å². The van der Waals surface area contributed by atoms with Crippen molar-refractivity contribution in [3.8, 4) is 11.4 Å². The van der Waals surface area contributed by atoms with Crippen LogP contribution in [0.2, 0.25) is 0 Å². The highest BCUT2D eigenvalue weighted by molar-refractivity contribution is 7.97. The van der Waals surface area contributed by atoms with E-state index in [0.29, 0.717) is 11.6 Å². The van der Waals surface area contributed by atoms with Crippen molar-refractivity contribution in [3.05, 3.63) is 56.4 Å². The lowest BCUT2D eigenvalue weighted by Crippen LogP contribution is -2.12. The number of aryl methyl sites for hydroxylation is 2. The maximum atomic E-state index is 12.6. The van der Waals surface area contributed by atoms with Gasteiger partial charge in [-0.3, -0.25) is 4.79 Å². The van der Waals surface area contributed by atoms with Crippen molar-refractivity contribution in [3.63, 3.8) is 0 Å². The monoisotopic (exact) mass is 410 g/mol. The first-order chi connectivity index (χ1) is 13.8. The predicted octanol–water partition coefficient (Wildman–Crippen LogP) is 3.48. The number of tetrazole rings is 1. The van der Waals surface area contributed by atoms with Crippen LogP contribution in [0.4, 0.5) is 0 Å². The van der Waals surface area contributed by atoms with Crippen LogP contribution in [-0.2, 0) is 24.3 Å². The third kappa shape index (κ3) is 3.35. The molecule has 7 nitrogen and oxygen atoms in total. The van der Waals surface area contributed by atoms with Gasteiger partial charge in [0.25, 0.3) is 5.56 Å². The highest BCUT2D eigenvalue weighted by Crippen LogP contribution is 2.33. The lowest BCUT2D eigenvalue weighted by molar-refractivity contribution is 0.700. The molecular formula is C19H18N6OS2. The highest BCUT2D eigenvalue weighted by atomic mass is 32.2. The van der Waals surface area contributed by atoms with Gasteiger partial charge in [0.05, 0.1) is 11.1 Å². The molecule has 3 heterocycles. The number of H-pyrrole nitrogens is 2. The molecule has 0 bridgehead atoms. The van der Waals surface area contributed by atoms with Crippen molar-refractivity contribution in [2.24, 2.45) is 0 Å². The lowest BCUT2D eigenvalue weighted by Gasteiger charge is -2.09. The van der Waals surface area contributed by atoms with Gasteiger partial charge in [0.1, 0.15) is 10.7 Å². The van der Waals surface area contributed by atoms with Gasteiger partial charge in [-0.25, -0.2) is 4.98 Å². The van der Waals surface area contributed by atoms with Crippen molar-refractivity contribution in [1.29, 1.82) is 0 Å². The lowest BCUT2D eigenvalue weighted by atomic mass is 9.97. The predicted molar refractivity (Wildman–Crippen MR) is 111 cm³/mol. The van der Waals surface area contributed by atoms with Gasteiger partial charge in [-0.15, -0.1) is 33.3 Å². The summed E-state index contributed by atoms with van der Waals surface area (Å²) in [5, 5.41) is 14.8. The van der Waals surface area contributed by atoms with Gasteiger partial charge in [0, 0.05) is 16.2 Å². The standard InChI is InChI=1S/C19H18N6OS2/c26-18-16-13-3-1-2-4-14(13)28-19(16)21-15(20-18)10-27-9-11-5-7-12(8-6-11)17-22-24-25-23-17/h5-8H,1-4,9-10H2,(H,20,21,26)(H,22,23,24,25). The fourth-order valence-corrected chi connectivity index (χ4v) is 5.72. The summed E-state index contributed by atoms with van der Waals surface area (Å²) in [5.74, 6) is 2.87. The first-order valence-corrected chi connectivity index (χ1v) is 11.2. The zero-order chi connectivity index (χ0) is 18.9. The molecule has 4 aromatic rings. The summed E-state index contributed by atoms with van der Waals surface area (Å²) in [6.07, 6.45) is 4.47. The Morgan fingerprint density at radius 1 is 1.11 bits per heavy atom. The number of rotatable bonds is 5. The summed E-state index contributed by atoms with van der Waals surface area (Å²) in [6, 6.07) is 8.10. The highest BCUT2D eigenvalue weighted by Gasteiger charge is 2.19. The average molecular weight is 411 g/mol. The second kappa shape index (κ2) is 7.48. The summed E-state index contributed by atoms with van der Waals surface area (Å²) in [6.45, 7) is 0. The Balaban J connectivity index is 1.28. The van der Waals surface area contributed by atoms with E-state index in [-0.39, 0.29) is 5.56 Å². The molecule has 1 aromatic carbocycles. The van der Waals surface area contributed by atoms with E-state index in [4.69, 9.17) is 4.98 Å². The zero-order valence-corrected chi connectivity index (χ0v) is 16.7. The van der Waals surface area contributed by atoms with Crippen molar-refractivity contribution < 1.29 is 0 Å². The van der Waals surface area contributed by atoms with E-state index in [9.17, 15) is 4.79 Å². The maximum Gasteiger partial charge on any atom is 0.259 e. The minimum atomic E-state index is 0.0180. The molecule has 0 unspecified atom stereocenters. The molecule has 1 aliphatic rings. The number of aromatic nitrogens is 6. The van der Waals surface area contributed by atoms with Crippen molar-refractivity contribution in [1.82, 2.24) is 30.6 Å². The van der Waals surface area contributed by atoms with Crippen LogP contribution >= 0.6 is 23.1 Å². The normalized spacial score (nSPS) is 13.7. The molecule has 0 aliphatic heterocycles. The van der Waals surface area contributed by atoms with Crippen molar-refractivity contribution in [2.75, 3.05) is 0 Å². The molecule has 0 fully saturated rings. The Kier molecular flexibility index (Phi) is 4.69. The fourth-order valence-electron chi connectivity index (χ4n) is 3.58. The molecule has 28 heavy (non-hydrogen) atoms. The van der Waals surface area contributed by atoms with E-state index in [0.717, 1.165) is 40.2 Å². The molecule has 1 aliphatic carbocycles. The van der Waals surface area contributed by atoms with Gasteiger partial charge in [-0.2, -0.15) is 5.21 Å². The van der Waals surface area contributed by atoms with E-state index in [1.807, 2.05) is 12.1 Å². The van der Waals surface area contributed by atoms with Gasteiger partial charge >= 0.3 is 0 Å². The van der Waals surface area contributed by atoms with Gasteiger partial charge in [-0.1, -0.05) is 24.3 Å². The molecule has 2 N–H and O–H groups in total. The topological polar surface area (TPSA) is 100 Å². The van der Waals surface area contributed by atoms with Crippen molar-refractivity contribution in [2.45, 2.75) is 37.2 Å². The Morgan fingerprint density at radius 3 is 2.79 bits per heavy atom. The van der Waals surface area contributed by atoms with Crippen LogP contribution < -0.4 is 5.56 Å². The van der Waals surface area contributed by atoms with E-state index in [1.165, 1.54) is 28.8 Å². The molecule has 5 rings (SSSR count). The molecule has 0 saturated heterocycles. The van der Waals surface area contributed by atoms with Crippen LogP contribution in [0.25, 0.3) is 21.6 Å². The zero-order valence-electron chi connectivity index (χ0n) is 15.1. The number of fused-ring (bicyclic) bond motifs is 3. The van der Waals surface area contributed by atoms with E-state index >= 15 is 0 Å². The molecule has 142 valence electrons. The van der Waals surface area contributed by atoms with E-state index in [2.05, 4.69) is 37.7 Å². The van der Waals surface area contributed by atoms with Gasteiger partial charge in [-0.05, 0) is 42.0 Å². The van der Waals surface area contributed by atoms with Crippen LogP contribution in [0.1, 0.15) is 34.7 Å². The average Bonchev–Trinajstić information content (AvgIpc) is 3.36. The summed E-state index contributed by atoms with van der Waals surface area (Å²) in [5.41, 5.74) is 3.39. The minimum Gasteiger partial charge on any atom is -0.309 e. The van der Waals surface area contributed by atoms with Crippen LogP contribution in [0.5, 0.6) is 0 Å². The van der Waals surface area contributed by atoms with Crippen LogP contribution in [0, 0.1) is 0 Å². The first kappa shape index (κ1) is 17.6. The number of hydrogen-bond acceptors (Lipinski definition) is 7. The van der Waals surface area contributed by atoms with E-state index in [1.54, 1.807) is 23.1 Å². The van der Waals surface area contributed by atoms with Gasteiger partial charge < -0.3 is 4.98 Å². The third-order valence-electron chi connectivity index (χ3n) is 4.94. The molecule has 3 aromatic heterocycles. The molecule has 0 spiro atoms. The SMILES string of the molecule is O=c1[nH]c(CSCc2ccc(-c3nn[nH]n3)cc2)nc2sc3c(c12)CCCC3. The third-order valence-corrected chi connectivity index (χ3v) is 7.14. The first-order valence-electron chi connectivity index (χ1n) is 9.22. The Bertz CT molecular complexity index is 1160. The second-order valence-electron chi connectivity index (χ2n) is 6.83. The number of hydrogen-bond donors (Lipinski definition) is 2. The molecule has 0 radical (unpaired) electrons. The molecule has 0 saturated carbocycles. The fraction of sp³-hybridized carbons (Fsp3) is 0.316. The summed E-state index contributed by atoms with van der Waals surface area (Å²) < 4.78 is 0. The Labute approximate surface area is 169 Å². The number of benzene rings is 1. The Hall–Kier alpha value is -2.52. The summed E-state index contributed by atoms with van der Waals surface area (Å²) in [7, 11) is 0. The maximum absolute atomic E-state index is 12.6. The van der Waals surface area contributed by atoms with Crippen LogP contribution in [0.3, 0.4) is 0 Å². The van der Waals surface area contributed by atoms with Gasteiger partial charge in [0.15, 0.2) is 0 Å². The molecule has 9 heteroatoms. The number of aromatic amines is 2. The second-order valence-corrected chi connectivity index (χ2v) is 8.90. The minimum absolute atomic E-state index is 0.0180. The molecule has 0 atom stereocenters. The summed E-state index contributed by atoms with van der Waals surface area (Å²) in [4.78, 5) is 22.6. The molecule has 0 amide bonds. The van der Waals surface area contributed by atoms with Crippen LogP contribution in [0.15, 0.2) is 29.1 Å². The number of nitrogens with zero attached hydrogens (tertiary/aromatic N) is 4. The smallest absolute Gasteiger partial charge is 0.259 e. The quantitative estimate of drug-likeness (QED) is 0.522. The van der Waals surface area contributed by atoms with Crippen molar-refractivity contribution >= 4 is 33.3 Å². The number of nitrogens with one attached hydrogen (secondary N) is 2. The largest absolute Gasteiger partial charge is 0.309 e. The number of thiophene rings is 1. The summed E-state index contributed by atoms with van der Waals surface area (Å²) >= 11 is 3.44. The molecular weight excluding hydrogens is 392 g/mol. The van der Waals surface area contributed by atoms with Crippen LogP contribution in [-0.4, -0.2) is 30.6 Å².